The first-order chi connectivity index (χ1) is 20.2. The van der Waals surface area contributed by atoms with Crippen LogP contribution in [0, 0.1) is 5.41 Å². The molecular weight excluding hydrogens is 546 g/mol. The summed E-state index contributed by atoms with van der Waals surface area (Å²) in [6, 6.07) is 16.7. The summed E-state index contributed by atoms with van der Waals surface area (Å²) in [5.41, 5.74) is 2.72. The predicted molar refractivity (Wildman–Crippen MR) is 165 cm³/mol. The van der Waals surface area contributed by atoms with Gasteiger partial charge in [0.25, 0.3) is 5.91 Å². The van der Waals surface area contributed by atoms with E-state index < -0.39 is 23.3 Å². The van der Waals surface area contributed by atoms with E-state index in [4.69, 9.17) is 14.9 Å². The number of alkyl carbamates (subject to hydrolysis) is 1. The first-order valence-corrected chi connectivity index (χ1v) is 14.0. The van der Waals surface area contributed by atoms with Gasteiger partial charge in [0, 0.05) is 35.4 Å². The SMILES string of the molecule is CC(C)(C)OC(=O)NC(=N)c1c(C(=O)OC(C)(C)C)[nH]c2ccc(CCNC(=O)c3ccc(-c4ccncc4)cc3)cc12. The standard InChI is InChI=1S/C33H37N5O5/c1-32(2,3)42-30(40)27-26(28(34)38-31(41)43-33(4,5)6)24-19-20(7-12-25(24)37-27)13-18-36-29(39)23-10-8-21(9-11-23)22-14-16-35-17-15-22/h7-12,14-17,19,37H,13,18H2,1-6H3,(H,36,39)(H2,34,38,41). The molecule has 2 heterocycles. The summed E-state index contributed by atoms with van der Waals surface area (Å²) in [4.78, 5) is 45.4. The van der Waals surface area contributed by atoms with Gasteiger partial charge in [0.1, 0.15) is 22.7 Å². The third-order valence-electron chi connectivity index (χ3n) is 6.20. The van der Waals surface area contributed by atoms with Crippen molar-refractivity contribution in [1.29, 1.82) is 5.41 Å². The van der Waals surface area contributed by atoms with Crippen molar-refractivity contribution in [1.82, 2.24) is 20.6 Å². The number of aromatic nitrogens is 2. The zero-order chi connectivity index (χ0) is 31.4. The maximum Gasteiger partial charge on any atom is 0.413 e. The minimum atomic E-state index is -0.810. The number of rotatable bonds is 7. The Morgan fingerprint density at radius 2 is 1.49 bits per heavy atom. The van der Waals surface area contributed by atoms with Crippen LogP contribution in [0.1, 0.15) is 73.5 Å². The number of pyridine rings is 1. The fraction of sp³-hybridized carbons (Fsp3) is 0.303. The third-order valence-corrected chi connectivity index (χ3v) is 6.20. The highest BCUT2D eigenvalue weighted by Gasteiger charge is 2.28. The van der Waals surface area contributed by atoms with Gasteiger partial charge in [-0.25, -0.2) is 9.59 Å². The minimum Gasteiger partial charge on any atom is -0.455 e. The lowest BCUT2D eigenvalue weighted by Crippen LogP contribution is -2.37. The van der Waals surface area contributed by atoms with Crippen LogP contribution in [0.2, 0.25) is 0 Å². The average Bonchev–Trinajstić information content (AvgIpc) is 3.31. The van der Waals surface area contributed by atoms with Gasteiger partial charge in [-0.05, 0) is 101 Å². The zero-order valence-electron chi connectivity index (χ0n) is 25.3. The predicted octanol–water partition coefficient (Wildman–Crippen LogP) is 6.01. The van der Waals surface area contributed by atoms with E-state index in [9.17, 15) is 14.4 Å². The number of carbonyl (C=O) groups excluding carboxylic acids is 3. The zero-order valence-corrected chi connectivity index (χ0v) is 25.3. The lowest BCUT2D eigenvalue weighted by Gasteiger charge is -2.21. The first-order valence-electron chi connectivity index (χ1n) is 14.0. The molecule has 4 rings (SSSR count). The number of amides is 2. The number of hydrogen-bond donors (Lipinski definition) is 4. The molecule has 224 valence electrons. The van der Waals surface area contributed by atoms with Crippen molar-refractivity contribution in [2.24, 2.45) is 0 Å². The number of nitrogens with one attached hydrogen (secondary N) is 4. The largest absolute Gasteiger partial charge is 0.455 e. The van der Waals surface area contributed by atoms with Gasteiger partial charge in [0.2, 0.25) is 0 Å². The van der Waals surface area contributed by atoms with E-state index in [0.717, 1.165) is 16.7 Å². The molecule has 2 aromatic carbocycles. The number of aromatic amines is 1. The molecule has 0 saturated heterocycles. The molecule has 2 amide bonds. The van der Waals surface area contributed by atoms with Crippen LogP contribution < -0.4 is 10.6 Å². The molecule has 0 bridgehead atoms. The number of esters is 1. The molecule has 4 N–H and O–H groups in total. The summed E-state index contributed by atoms with van der Waals surface area (Å²) in [6.07, 6.45) is 3.13. The van der Waals surface area contributed by atoms with Crippen LogP contribution in [-0.4, -0.2) is 51.5 Å². The van der Waals surface area contributed by atoms with Crippen molar-refractivity contribution >= 4 is 34.7 Å². The lowest BCUT2D eigenvalue weighted by atomic mass is 10.0. The van der Waals surface area contributed by atoms with E-state index in [1.165, 1.54) is 0 Å². The Kier molecular flexibility index (Phi) is 8.99. The van der Waals surface area contributed by atoms with Gasteiger partial charge in [0.15, 0.2) is 0 Å². The van der Waals surface area contributed by atoms with Crippen molar-refractivity contribution in [3.05, 3.63) is 89.4 Å². The van der Waals surface area contributed by atoms with Crippen molar-refractivity contribution in [3.63, 3.8) is 0 Å². The molecule has 2 aromatic heterocycles. The normalized spacial score (nSPS) is 11.6. The van der Waals surface area contributed by atoms with Crippen molar-refractivity contribution in [2.45, 2.75) is 59.2 Å². The molecule has 0 unspecified atom stereocenters. The number of fused-ring (bicyclic) bond motifs is 1. The van der Waals surface area contributed by atoms with Gasteiger partial charge in [0.05, 0.1) is 5.56 Å². The van der Waals surface area contributed by atoms with Crippen LogP contribution in [0.4, 0.5) is 4.79 Å². The molecular formula is C33H37N5O5. The van der Waals surface area contributed by atoms with E-state index in [-0.39, 0.29) is 23.0 Å². The summed E-state index contributed by atoms with van der Waals surface area (Å²) in [5, 5.41) is 14.6. The maximum absolute atomic E-state index is 13.1. The highest BCUT2D eigenvalue weighted by Crippen LogP contribution is 2.26. The highest BCUT2D eigenvalue weighted by molar-refractivity contribution is 6.18. The summed E-state index contributed by atoms with van der Waals surface area (Å²) in [6.45, 7) is 10.8. The number of nitrogens with zero attached hydrogens (tertiary/aromatic N) is 1. The molecule has 0 saturated carbocycles. The Morgan fingerprint density at radius 3 is 2.12 bits per heavy atom. The monoisotopic (exact) mass is 583 g/mol. The van der Waals surface area contributed by atoms with Crippen LogP contribution >= 0.6 is 0 Å². The van der Waals surface area contributed by atoms with Gasteiger partial charge in [-0.1, -0.05) is 18.2 Å². The van der Waals surface area contributed by atoms with Gasteiger partial charge in [-0.2, -0.15) is 0 Å². The van der Waals surface area contributed by atoms with Gasteiger partial charge >= 0.3 is 12.1 Å². The second-order valence-corrected chi connectivity index (χ2v) is 12.1. The molecule has 0 aliphatic rings. The van der Waals surface area contributed by atoms with Crippen LogP contribution in [0.5, 0.6) is 0 Å². The lowest BCUT2D eigenvalue weighted by molar-refractivity contribution is 0.00629. The fourth-order valence-electron chi connectivity index (χ4n) is 4.39. The summed E-state index contributed by atoms with van der Waals surface area (Å²) in [5.74, 6) is -1.15. The molecule has 0 spiro atoms. The van der Waals surface area contributed by atoms with Crippen molar-refractivity contribution in [3.8, 4) is 11.1 Å². The Balaban J connectivity index is 1.51. The molecule has 4 aromatic rings. The molecule has 0 fully saturated rings. The number of H-pyrrole nitrogens is 1. The number of ether oxygens (including phenoxy) is 2. The molecule has 43 heavy (non-hydrogen) atoms. The Labute approximate surface area is 250 Å². The number of amidine groups is 1. The molecule has 10 nitrogen and oxygen atoms in total. The topological polar surface area (TPSA) is 146 Å². The van der Waals surface area contributed by atoms with E-state index in [1.54, 1.807) is 72.1 Å². The van der Waals surface area contributed by atoms with Crippen molar-refractivity contribution in [2.75, 3.05) is 6.54 Å². The summed E-state index contributed by atoms with van der Waals surface area (Å²) < 4.78 is 10.9. The number of carbonyl (C=O) groups is 3. The van der Waals surface area contributed by atoms with E-state index in [2.05, 4.69) is 20.6 Å². The average molecular weight is 584 g/mol. The second kappa shape index (κ2) is 12.5. The Bertz CT molecular complexity index is 1650. The molecule has 0 atom stereocenters. The molecule has 0 radical (unpaired) electrons. The maximum atomic E-state index is 13.1. The summed E-state index contributed by atoms with van der Waals surface area (Å²) in [7, 11) is 0. The fourth-order valence-corrected chi connectivity index (χ4v) is 4.39. The molecule has 0 aliphatic heterocycles. The number of benzene rings is 2. The van der Waals surface area contributed by atoms with Crippen LogP contribution in [0.3, 0.4) is 0 Å². The molecule has 0 aliphatic carbocycles. The smallest absolute Gasteiger partial charge is 0.413 e. The van der Waals surface area contributed by atoms with Gasteiger partial charge in [-0.15, -0.1) is 0 Å². The van der Waals surface area contributed by atoms with Gasteiger partial charge in [-0.3, -0.25) is 20.5 Å². The number of hydrogen-bond acceptors (Lipinski definition) is 7. The van der Waals surface area contributed by atoms with Gasteiger partial charge < -0.3 is 19.8 Å². The summed E-state index contributed by atoms with van der Waals surface area (Å²) >= 11 is 0. The Hall–Kier alpha value is -4.99. The first kappa shape index (κ1) is 31.0. The van der Waals surface area contributed by atoms with E-state index in [0.29, 0.717) is 29.4 Å². The van der Waals surface area contributed by atoms with E-state index >= 15 is 0 Å². The van der Waals surface area contributed by atoms with Crippen LogP contribution in [0.15, 0.2) is 67.0 Å². The Morgan fingerprint density at radius 1 is 0.860 bits per heavy atom. The minimum absolute atomic E-state index is 0.0478. The van der Waals surface area contributed by atoms with Crippen LogP contribution in [-0.2, 0) is 15.9 Å². The quantitative estimate of drug-likeness (QED) is 0.119. The van der Waals surface area contributed by atoms with Crippen molar-refractivity contribution < 1.29 is 23.9 Å². The second-order valence-electron chi connectivity index (χ2n) is 12.1. The van der Waals surface area contributed by atoms with E-state index in [1.807, 2.05) is 36.4 Å². The third kappa shape index (κ3) is 8.28. The highest BCUT2D eigenvalue weighted by atomic mass is 16.6. The molecule has 10 heteroatoms. The van der Waals surface area contributed by atoms with Crippen LogP contribution in [0.25, 0.3) is 22.0 Å².